The fourth-order valence-corrected chi connectivity index (χ4v) is 1.57. The lowest BCUT2D eigenvalue weighted by atomic mass is 10.2. The van der Waals surface area contributed by atoms with Crippen LogP contribution in [0.5, 0.6) is 0 Å². The number of hydrogen-bond acceptors (Lipinski definition) is 2. The number of hydrogen-bond donors (Lipinski definition) is 1. The molecule has 0 radical (unpaired) electrons. The zero-order chi connectivity index (χ0) is 10.7. The molecule has 1 aromatic heterocycles. The SMILES string of the molecule is O=C(Cc1ccn[nH]1)N1CCC=C(F)C1. The van der Waals surface area contributed by atoms with E-state index in [-0.39, 0.29) is 24.7 Å². The largest absolute Gasteiger partial charge is 0.335 e. The number of carbonyl (C=O) groups is 1. The van der Waals surface area contributed by atoms with E-state index < -0.39 is 0 Å². The molecule has 15 heavy (non-hydrogen) atoms. The molecule has 0 unspecified atom stereocenters. The first-order chi connectivity index (χ1) is 7.25. The molecule has 0 saturated heterocycles. The Morgan fingerprint density at radius 1 is 1.67 bits per heavy atom. The summed E-state index contributed by atoms with van der Waals surface area (Å²) in [4.78, 5) is 13.2. The van der Waals surface area contributed by atoms with Crippen LogP contribution in [0.1, 0.15) is 12.1 Å². The number of halogens is 1. The van der Waals surface area contributed by atoms with Crippen LogP contribution in [0.25, 0.3) is 0 Å². The third-order valence-electron chi connectivity index (χ3n) is 2.36. The quantitative estimate of drug-likeness (QED) is 0.791. The number of nitrogens with one attached hydrogen (secondary N) is 1. The average Bonchev–Trinajstić information content (AvgIpc) is 2.70. The van der Waals surface area contributed by atoms with E-state index in [0.717, 1.165) is 5.69 Å². The van der Waals surface area contributed by atoms with Gasteiger partial charge < -0.3 is 4.90 Å². The lowest BCUT2D eigenvalue weighted by Crippen LogP contribution is -2.36. The highest BCUT2D eigenvalue weighted by Gasteiger charge is 2.18. The van der Waals surface area contributed by atoms with Crippen molar-refractivity contribution in [3.63, 3.8) is 0 Å². The van der Waals surface area contributed by atoms with E-state index in [9.17, 15) is 9.18 Å². The molecular formula is C10H12FN3O. The van der Waals surface area contributed by atoms with E-state index in [1.807, 2.05) is 0 Å². The Kier molecular flexibility index (Phi) is 2.80. The first-order valence-corrected chi connectivity index (χ1v) is 4.86. The van der Waals surface area contributed by atoms with Gasteiger partial charge in [0.25, 0.3) is 0 Å². The Hall–Kier alpha value is -1.65. The maximum atomic E-state index is 12.9. The van der Waals surface area contributed by atoms with E-state index in [4.69, 9.17) is 0 Å². The van der Waals surface area contributed by atoms with E-state index in [1.54, 1.807) is 12.3 Å². The van der Waals surface area contributed by atoms with Crippen LogP contribution in [0, 0.1) is 0 Å². The van der Waals surface area contributed by atoms with Crippen molar-refractivity contribution in [2.24, 2.45) is 0 Å². The second-order valence-corrected chi connectivity index (χ2v) is 3.51. The van der Waals surface area contributed by atoms with Crippen LogP contribution in [0.4, 0.5) is 4.39 Å². The minimum absolute atomic E-state index is 0.0671. The molecule has 0 aliphatic carbocycles. The summed E-state index contributed by atoms with van der Waals surface area (Å²) in [5.74, 6) is -0.290. The summed E-state index contributed by atoms with van der Waals surface area (Å²) < 4.78 is 12.9. The van der Waals surface area contributed by atoms with Gasteiger partial charge >= 0.3 is 0 Å². The van der Waals surface area contributed by atoms with Crippen LogP contribution in [0.15, 0.2) is 24.2 Å². The van der Waals surface area contributed by atoms with Gasteiger partial charge in [0.2, 0.25) is 5.91 Å². The van der Waals surface area contributed by atoms with Gasteiger partial charge in [-0.25, -0.2) is 4.39 Å². The van der Waals surface area contributed by atoms with Crippen molar-refractivity contribution in [1.82, 2.24) is 15.1 Å². The Balaban J connectivity index is 1.94. The van der Waals surface area contributed by atoms with Gasteiger partial charge in [0, 0.05) is 18.4 Å². The number of nitrogens with zero attached hydrogens (tertiary/aromatic N) is 2. The molecule has 1 aliphatic heterocycles. The minimum Gasteiger partial charge on any atom is -0.335 e. The fraction of sp³-hybridized carbons (Fsp3) is 0.400. The predicted molar refractivity (Wildman–Crippen MR) is 52.7 cm³/mol. The number of aromatic amines is 1. The molecule has 0 aromatic carbocycles. The number of aromatic nitrogens is 2. The van der Waals surface area contributed by atoms with Gasteiger partial charge in [0.15, 0.2) is 0 Å². The molecular weight excluding hydrogens is 197 g/mol. The standard InChI is InChI=1S/C10H12FN3O/c11-8-2-1-5-14(7-8)10(15)6-9-3-4-12-13-9/h2-4H,1,5-7H2,(H,12,13). The smallest absolute Gasteiger partial charge is 0.228 e. The Bertz CT molecular complexity index is 372. The molecule has 1 aromatic rings. The molecule has 2 rings (SSSR count). The van der Waals surface area contributed by atoms with E-state index >= 15 is 0 Å². The molecule has 1 aliphatic rings. The van der Waals surface area contributed by atoms with Gasteiger partial charge in [-0.15, -0.1) is 0 Å². The Morgan fingerprint density at radius 3 is 3.20 bits per heavy atom. The fourth-order valence-electron chi connectivity index (χ4n) is 1.57. The molecule has 0 bridgehead atoms. The van der Waals surface area contributed by atoms with Crippen LogP contribution in [-0.4, -0.2) is 34.1 Å². The Morgan fingerprint density at radius 2 is 2.53 bits per heavy atom. The number of H-pyrrole nitrogens is 1. The summed E-state index contributed by atoms with van der Waals surface area (Å²) in [6, 6.07) is 1.74. The third kappa shape index (κ3) is 2.43. The second-order valence-electron chi connectivity index (χ2n) is 3.51. The Labute approximate surface area is 86.8 Å². The number of rotatable bonds is 2. The molecule has 2 heterocycles. The van der Waals surface area contributed by atoms with Crippen molar-refractivity contribution in [2.75, 3.05) is 13.1 Å². The molecule has 1 amide bonds. The van der Waals surface area contributed by atoms with Crippen molar-refractivity contribution in [1.29, 1.82) is 0 Å². The van der Waals surface area contributed by atoms with Crippen molar-refractivity contribution in [3.8, 4) is 0 Å². The van der Waals surface area contributed by atoms with Gasteiger partial charge in [-0.1, -0.05) is 0 Å². The molecule has 1 N–H and O–H groups in total. The lowest BCUT2D eigenvalue weighted by molar-refractivity contribution is -0.130. The minimum atomic E-state index is -0.223. The normalized spacial score (nSPS) is 16.3. The zero-order valence-corrected chi connectivity index (χ0v) is 8.24. The molecule has 0 spiro atoms. The van der Waals surface area contributed by atoms with Gasteiger partial charge in [0.05, 0.1) is 13.0 Å². The predicted octanol–water partition coefficient (Wildman–Crippen LogP) is 1.04. The maximum Gasteiger partial charge on any atom is 0.228 e. The maximum absolute atomic E-state index is 12.9. The lowest BCUT2D eigenvalue weighted by Gasteiger charge is -2.24. The van der Waals surface area contributed by atoms with Crippen molar-refractivity contribution in [2.45, 2.75) is 12.8 Å². The van der Waals surface area contributed by atoms with Crippen LogP contribution >= 0.6 is 0 Å². The highest BCUT2D eigenvalue weighted by Crippen LogP contribution is 2.11. The highest BCUT2D eigenvalue weighted by molar-refractivity contribution is 5.78. The van der Waals surface area contributed by atoms with Crippen LogP contribution in [0.3, 0.4) is 0 Å². The molecule has 80 valence electrons. The first-order valence-electron chi connectivity index (χ1n) is 4.86. The van der Waals surface area contributed by atoms with E-state index in [2.05, 4.69) is 10.2 Å². The number of amides is 1. The van der Waals surface area contributed by atoms with Gasteiger partial charge in [0.1, 0.15) is 5.83 Å². The zero-order valence-electron chi connectivity index (χ0n) is 8.24. The van der Waals surface area contributed by atoms with Crippen LogP contribution in [0.2, 0.25) is 0 Å². The van der Waals surface area contributed by atoms with Crippen molar-refractivity contribution in [3.05, 3.63) is 29.9 Å². The van der Waals surface area contributed by atoms with Gasteiger partial charge in [-0.05, 0) is 18.6 Å². The first kappa shape index (κ1) is 9.89. The summed E-state index contributed by atoms with van der Waals surface area (Å²) in [5.41, 5.74) is 0.759. The highest BCUT2D eigenvalue weighted by atomic mass is 19.1. The third-order valence-corrected chi connectivity index (χ3v) is 2.36. The molecule has 0 atom stereocenters. The molecule has 5 heteroatoms. The second kappa shape index (κ2) is 4.25. The van der Waals surface area contributed by atoms with Crippen molar-refractivity contribution >= 4 is 5.91 Å². The van der Waals surface area contributed by atoms with Crippen LogP contribution in [-0.2, 0) is 11.2 Å². The molecule has 0 fully saturated rings. The topological polar surface area (TPSA) is 49.0 Å². The monoisotopic (exact) mass is 209 g/mol. The average molecular weight is 209 g/mol. The summed E-state index contributed by atoms with van der Waals surface area (Å²) in [6.45, 7) is 0.702. The van der Waals surface area contributed by atoms with Gasteiger partial charge in [-0.3, -0.25) is 9.89 Å². The van der Waals surface area contributed by atoms with Crippen molar-refractivity contribution < 1.29 is 9.18 Å². The van der Waals surface area contributed by atoms with Gasteiger partial charge in [-0.2, -0.15) is 5.10 Å². The molecule has 0 saturated carbocycles. The van der Waals surface area contributed by atoms with E-state index in [0.29, 0.717) is 13.0 Å². The number of carbonyl (C=O) groups excluding carboxylic acids is 1. The summed E-state index contributed by atoms with van der Waals surface area (Å²) in [7, 11) is 0. The van der Waals surface area contributed by atoms with E-state index in [1.165, 1.54) is 11.0 Å². The van der Waals surface area contributed by atoms with Crippen LogP contribution < -0.4 is 0 Å². The summed E-state index contributed by atoms with van der Waals surface area (Å²) in [6.07, 6.45) is 3.98. The summed E-state index contributed by atoms with van der Waals surface area (Å²) in [5, 5.41) is 6.47. The summed E-state index contributed by atoms with van der Waals surface area (Å²) >= 11 is 0. The molecule has 4 nitrogen and oxygen atoms in total.